The third kappa shape index (κ3) is 6.09. The molecule has 1 unspecified atom stereocenters. The summed E-state index contributed by atoms with van der Waals surface area (Å²) in [7, 11) is 4.09. The van der Waals surface area contributed by atoms with E-state index in [4.69, 9.17) is 0 Å². The van der Waals surface area contributed by atoms with Crippen LogP contribution in [0.25, 0.3) is 0 Å². The van der Waals surface area contributed by atoms with Gasteiger partial charge in [0.2, 0.25) is 0 Å². The van der Waals surface area contributed by atoms with Crippen LogP contribution in [0.3, 0.4) is 0 Å². The van der Waals surface area contributed by atoms with Crippen molar-refractivity contribution in [1.29, 1.82) is 0 Å². The molecule has 0 radical (unpaired) electrons. The van der Waals surface area contributed by atoms with Crippen molar-refractivity contribution in [1.82, 2.24) is 15.3 Å². The molecule has 1 amide bonds. The van der Waals surface area contributed by atoms with Crippen molar-refractivity contribution >= 4 is 11.6 Å². The first-order valence-electron chi connectivity index (χ1n) is 9.64. The first-order valence-corrected chi connectivity index (χ1v) is 9.64. The lowest BCUT2D eigenvalue weighted by Crippen LogP contribution is -2.30. The Morgan fingerprint density at radius 3 is 2.21 bits per heavy atom. The predicted octanol–water partition coefficient (Wildman–Crippen LogP) is 3.76. The minimum Gasteiger partial charge on any atom is -0.308 e. The third-order valence-corrected chi connectivity index (χ3v) is 4.62. The number of aromatic nitrogens is 1. The maximum absolute atomic E-state index is 12.5. The molecule has 5 nitrogen and oxygen atoms in total. The van der Waals surface area contributed by atoms with E-state index < -0.39 is 0 Å². The molecule has 1 aromatic heterocycles. The van der Waals surface area contributed by atoms with E-state index in [2.05, 4.69) is 44.7 Å². The van der Waals surface area contributed by atoms with Crippen LogP contribution >= 0.6 is 0 Å². The van der Waals surface area contributed by atoms with Crippen molar-refractivity contribution in [2.75, 3.05) is 20.6 Å². The molecule has 1 atom stereocenters. The molecule has 0 aliphatic carbocycles. The minimum absolute atomic E-state index is 0.0594. The first-order chi connectivity index (χ1) is 14.1. The number of pyridine rings is 1. The lowest BCUT2D eigenvalue weighted by Gasteiger charge is -2.23. The summed E-state index contributed by atoms with van der Waals surface area (Å²) in [6.45, 7) is 0.792. The van der Waals surface area contributed by atoms with Crippen molar-refractivity contribution in [2.24, 2.45) is 5.10 Å². The summed E-state index contributed by atoms with van der Waals surface area (Å²) < 4.78 is 0. The summed E-state index contributed by atoms with van der Waals surface area (Å²) in [5.74, 6) is -0.182. The summed E-state index contributed by atoms with van der Waals surface area (Å²) in [6, 6.07) is 23.9. The number of carbonyl (C=O) groups is 1. The molecule has 0 bridgehead atoms. The number of nitrogens with zero attached hydrogens (tertiary/aromatic N) is 3. The first kappa shape index (κ1) is 20.4. The van der Waals surface area contributed by atoms with Gasteiger partial charge in [0.15, 0.2) is 0 Å². The zero-order valence-electron chi connectivity index (χ0n) is 16.8. The summed E-state index contributed by atoms with van der Waals surface area (Å²) in [4.78, 5) is 18.6. The van der Waals surface area contributed by atoms with Gasteiger partial charge in [-0.1, -0.05) is 60.7 Å². The maximum Gasteiger partial charge on any atom is 0.271 e. The van der Waals surface area contributed by atoms with Gasteiger partial charge in [-0.05, 0) is 37.4 Å². The summed E-state index contributed by atoms with van der Waals surface area (Å²) in [5.41, 5.74) is 6.53. The van der Waals surface area contributed by atoms with Gasteiger partial charge in [0, 0.05) is 36.8 Å². The molecule has 5 heteroatoms. The molecule has 1 N–H and O–H groups in total. The number of amides is 1. The molecular formula is C24H26N4O. The van der Waals surface area contributed by atoms with Gasteiger partial charge in [0.1, 0.15) is 0 Å². The Kier molecular flexibility index (Phi) is 7.25. The van der Waals surface area contributed by atoms with Gasteiger partial charge >= 0.3 is 0 Å². The highest BCUT2D eigenvalue weighted by atomic mass is 16.2. The molecule has 0 aliphatic heterocycles. The van der Waals surface area contributed by atoms with Crippen molar-refractivity contribution in [3.05, 3.63) is 102 Å². The van der Waals surface area contributed by atoms with Crippen LogP contribution in [0.2, 0.25) is 0 Å². The van der Waals surface area contributed by atoms with Crippen molar-refractivity contribution in [2.45, 2.75) is 12.3 Å². The Labute approximate surface area is 172 Å². The quantitative estimate of drug-likeness (QED) is 0.474. The average molecular weight is 386 g/mol. The van der Waals surface area contributed by atoms with Crippen LogP contribution in [-0.4, -0.2) is 42.1 Å². The lowest BCUT2D eigenvalue weighted by molar-refractivity contribution is 0.0954. The number of hydrogen-bond donors (Lipinski definition) is 1. The van der Waals surface area contributed by atoms with Crippen LogP contribution in [0.5, 0.6) is 0 Å². The Balaban J connectivity index is 1.92. The molecular weight excluding hydrogens is 360 g/mol. The summed E-state index contributed by atoms with van der Waals surface area (Å²) >= 11 is 0. The second kappa shape index (κ2) is 10.3. The van der Waals surface area contributed by atoms with E-state index in [1.165, 1.54) is 5.56 Å². The molecule has 0 fully saturated rings. The summed E-state index contributed by atoms with van der Waals surface area (Å²) in [5, 5.41) is 4.60. The standard InChI is InChI=1S/C24H26N4O/c1-28(2)18-22(20-11-7-4-8-12-20)23(17-19-9-5-3-6-10-19)26-27-24(29)21-13-15-25-16-14-21/h3-16,22H,17-18H2,1-2H3,(H,27,29)/b26-23-. The van der Waals surface area contributed by atoms with Gasteiger partial charge in [0.25, 0.3) is 5.91 Å². The molecule has 0 aliphatic rings. The van der Waals surface area contributed by atoms with Crippen LogP contribution in [-0.2, 0) is 6.42 Å². The fourth-order valence-corrected chi connectivity index (χ4v) is 3.19. The smallest absolute Gasteiger partial charge is 0.271 e. The van der Waals surface area contributed by atoms with Crippen LogP contribution in [0.4, 0.5) is 0 Å². The Morgan fingerprint density at radius 2 is 1.59 bits per heavy atom. The number of hydrazone groups is 1. The lowest BCUT2D eigenvalue weighted by atomic mass is 9.90. The molecule has 0 spiro atoms. The van der Waals surface area contributed by atoms with Crippen LogP contribution < -0.4 is 5.43 Å². The van der Waals surface area contributed by atoms with E-state index in [1.54, 1.807) is 24.5 Å². The van der Waals surface area contributed by atoms with Gasteiger partial charge < -0.3 is 4.90 Å². The Bertz CT molecular complexity index is 925. The predicted molar refractivity (Wildman–Crippen MR) is 117 cm³/mol. The number of rotatable bonds is 8. The SMILES string of the molecule is CN(C)CC(/C(Cc1ccccc1)=N\NC(=O)c1ccncc1)c1ccccc1. The molecule has 3 rings (SSSR count). The Hall–Kier alpha value is -3.31. The number of nitrogens with one attached hydrogen (secondary N) is 1. The van der Waals surface area contributed by atoms with E-state index in [-0.39, 0.29) is 11.8 Å². The van der Waals surface area contributed by atoms with Crippen LogP contribution in [0.1, 0.15) is 27.4 Å². The summed E-state index contributed by atoms with van der Waals surface area (Å²) in [6.07, 6.45) is 3.86. The molecule has 148 valence electrons. The average Bonchev–Trinajstić information content (AvgIpc) is 2.76. The van der Waals surface area contributed by atoms with Gasteiger partial charge in [0.05, 0.1) is 5.71 Å². The molecule has 0 saturated carbocycles. The molecule has 29 heavy (non-hydrogen) atoms. The molecule has 3 aromatic rings. The number of carbonyl (C=O) groups excluding carboxylic acids is 1. The second-order valence-corrected chi connectivity index (χ2v) is 7.17. The van der Waals surface area contributed by atoms with Crippen LogP contribution in [0, 0.1) is 0 Å². The van der Waals surface area contributed by atoms with Gasteiger partial charge in [-0.15, -0.1) is 0 Å². The largest absolute Gasteiger partial charge is 0.308 e. The number of likely N-dealkylation sites (N-methyl/N-ethyl adjacent to an activating group) is 1. The highest BCUT2D eigenvalue weighted by Gasteiger charge is 2.20. The third-order valence-electron chi connectivity index (χ3n) is 4.62. The highest BCUT2D eigenvalue weighted by Crippen LogP contribution is 2.21. The fourth-order valence-electron chi connectivity index (χ4n) is 3.19. The van der Waals surface area contributed by atoms with Gasteiger partial charge in [-0.2, -0.15) is 5.10 Å². The maximum atomic E-state index is 12.5. The van der Waals surface area contributed by atoms with E-state index in [1.807, 2.05) is 50.5 Å². The molecule has 1 heterocycles. The van der Waals surface area contributed by atoms with Crippen LogP contribution in [0.15, 0.2) is 90.3 Å². The van der Waals surface area contributed by atoms with Crippen molar-refractivity contribution in [3.63, 3.8) is 0 Å². The van der Waals surface area contributed by atoms with Gasteiger partial charge in [-0.25, -0.2) is 5.43 Å². The minimum atomic E-state index is -0.241. The number of hydrogen-bond acceptors (Lipinski definition) is 4. The van der Waals surface area contributed by atoms with Gasteiger partial charge in [-0.3, -0.25) is 9.78 Å². The van der Waals surface area contributed by atoms with E-state index in [9.17, 15) is 4.79 Å². The normalized spacial score (nSPS) is 12.6. The zero-order valence-corrected chi connectivity index (χ0v) is 16.8. The zero-order chi connectivity index (χ0) is 20.5. The van der Waals surface area contributed by atoms with E-state index in [0.29, 0.717) is 12.0 Å². The Morgan fingerprint density at radius 1 is 0.966 bits per heavy atom. The molecule has 2 aromatic carbocycles. The molecule has 0 saturated heterocycles. The number of benzene rings is 2. The fraction of sp³-hybridized carbons (Fsp3) is 0.208. The monoisotopic (exact) mass is 386 g/mol. The van der Waals surface area contributed by atoms with Crippen molar-refractivity contribution < 1.29 is 4.79 Å². The topological polar surface area (TPSA) is 57.6 Å². The van der Waals surface area contributed by atoms with E-state index >= 15 is 0 Å². The van der Waals surface area contributed by atoms with Crippen molar-refractivity contribution in [3.8, 4) is 0 Å². The second-order valence-electron chi connectivity index (χ2n) is 7.17. The highest BCUT2D eigenvalue weighted by molar-refractivity contribution is 5.97. The van der Waals surface area contributed by atoms with E-state index in [0.717, 1.165) is 17.8 Å².